The average molecular weight is 297 g/mol. The van der Waals surface area contributed by atoms with E-state index in [0.717, 1.165) is 24.8 Å². The van der Waals surface area contributed by atoms with Crippen molar-refractivity contribution in [2.75, 3.05) is 6.54 Å². The molecule has 0 aliphatic rings. The van der Waals surface area contributed by atoms with Crippen LogP contribution in [0.4, 0.5) is 0 Å². The first-order valence-electron chi connectivity index (χ1n) is 6.90. The van der Waals surface area contributed by atoms with Crippen molar-refractivity contribution >= 4 is 23.4 Å². The number of unbranched alkanes of at least 4 members (excludes halogenated alkanes) is 2. The molecule has 2 amide bonds. The number of benzene rings is 1. The summed E-state index contributed by atoms with van der Waals surface area (Å²) in [6, 6.07) is 7.29. The van der Waals surface area contributed by atoms with Crippen molar-refractivity contribution in [3.05, 3.63) is 34.9 Å². The van der Waals surface area contributed by atoms with Crippen LogP contribution in [0.15, 0.2) is 24.3 Å². The molecule has 0 saturated heterocycles. The van der Waals surface area contributed by atoms with Crippen molar-refractivity contribution in [2.45, 2.75) is 39.2 Å². The molecule has 1 aromatic rings. The summed E-state index contributed by atoms with van der Waals surface area (Å²) < 4.78 is 0. The van der Waals surface area contributed by atoms with Gasteiger partial charge in [0.1, 0.15) is 6.42 Å². The topological polar surface area (TPSA) is 58.2 Å². The predicted molar refractivity (Wildman–Crippen MR) is 80.5 cm³/mol. The largest absolute Gasteiger partial charge is 0.356 e. The zero-order valence-corrected chi connectivity index (χ0v) is 12.5. The molecular weight excluding hydrogens is 276 g/mol. The number of hydrogen-bond donors (Lipinski definition) is 2. The Morgan fingerprint density at radius 3 is 2.50 bits per heavy atom. The lowest BCUT2D eigenvalue weighted by atomic mass is 10.2. The van der Waals surface area contributed by atoms with Crippen molar-refractivity contribution in [1.82, 2.24) is 10.6 Å². The van der Waals surface area contributed by atoms with Gasteiger partial charge in [-0.1, -0.05) is 49.6 Å². The fraction of sp³-hybridized carbons (Fsp3) is 0.467. The van der Waals surface area contributed by atoms with Gasteiger partial charge in [0, 0.05) is 18.1 Å². The molecule has 0 saturated carbocycles. The van der Waals surface area contributed by atoms with E-state index in [1.165, 1.54) is 0 Å². The first kappa shape index (κ1) is 16.5. The number of rotatable bonds is 8. The van der Waals surface area contributed by atoms with E-state index in [0.29, 0.717) is 18.1 Å². The Bertz CT molecular complexity index is 449. The molecule has 1 aromatic carbocycles. The fourth-order valence-corrected chi connectivity index (χ4v) is 1.91. The molecule has 5 heteroatoms. The molecule has 0 bridgehead atoms. The van der Waals surface area contributed by atoms with Gasteiger partial charge >= 0.3 is 0 Å². The Morgan fingerprint density at radius 1 is 1.10 bits per heavy atom. The van der Waals surface area contributed by atoms with Gasteiger partial charge in [0.15, 0.2) is 0 Å². The maximum Gasteiger partial charge on any atom is 0.229 e. The Morgan fingerprint density at radius 2 is 1.80 bits per heavy atom. The highest BCUT2D eigenvalue weighted by atomic mass is 35.5. The van der Waals surface area contributed by atoms with Crippen LogP contribution in [0.1, 0.15) is 38.2 Å². The van der Waals surface area contributed by atoms with Crippen molar-refractivity contribution in [3.8, 4) is 0 Å². The predicted octanol–water partition coefficient (Wildman–Crippen LogP) is 2.65. The summed E-state index contributed by atoms with van der Waals surface area (Å²) in [7, 11) is 0. The van der Waals surface area contributed by atoms with E-state index in [2.05, 4.69) is 17.6 Å². The Balaban J connectivity index is 2.23. The fourth-order valence-electron chi connectivity index (χ4n) is 1.71. The van der Waals surface area contributed by atoms with E-state index < -0.39 is 0 Å². The summed E-state index contributed by atoms with van der Waals surface area (Å²) in [4.78, 5) is 23.1. The number of carbonyl (C=O) groups is 2. The molecule has 0 aliphatic heterocycles. The number of halogens is 1. The maximum absolute atomic E-state index is 11.6. The van der Waals surface area contributed by atoms with Gasteiger partial charge in [-0.05, 0) is 18.1 Å². The van der Waals surface area contributed by atoms with Crippen LogP contribution in [0, 0.1) is 0 Å². The zero-order chi connectivity index (χ0) is 14.8. The van der Waals surface area contributed by atoms with E-state index in [9.17, 15) is 9.59 Å². The minimum atomic E-state index is -0.294. The second-order valence-electron chi connectivity index (χ2n) is 4.60. The zero-order valence-electron chi connectivity index (χ0n) is 11.7. The lowest BCUT2D eigenvalue weighted by Gasteiger charge is -2.07. The van der Waals surface area contributed by atoms with E-state index in [1.807, 2.05) is 18.2 Å². The summed E-state index contributed by atoms with van der Waals surface area (Å²) in [6.45, 7) is 3.07. The second kappa shape index (κ2) is 9.37. The Hall–Kier alpha value is -1.55. The van der Waals surface area contributed by atoms with Crippen LogP contribution >= 0.6 is 11.6 Å². The number of hydrogen-bond acceptors (Lipinski definition) is 2. The normalized spacial score (nSPS) is 10.1. The monoisotopic (exact) mass is 296 g/mol. The second-order valence-corrected chi connectivity index (χ2v) is 5.01. The highest BCUT2D eigenvalue weighted by Crippen LogP contribution is 2.14. The molecule has 0 aromatic heterocycles. The third-order valence-corrected chi connectivity index (χ3v) is 3.23. The van der Waals surface area contributed by atoms with Crippen LogP contribution in [-0.2, 0) is 16.1 Å². The highest BCUT2D eigenvalue weighted by molar-refractivity contribution is 6.31. The van der Waals surface area contributed by atoms with Crippen LogP contribution < -0.4 is 10.6 Å². The van der Waals surface area contributed by atoms with Crippen LogP contribution in [0.25, 0.3) is 0 Å². The van der Waals surface area contributed by atoms with E-state index in [-0.39, 0.29) is 18.2 Å². The van der Waals surface area contributed by atoms with Gasteiger partial charge < -0.3 is 10.6 Å². The van der Waals surface area contributed by atoms with Gasteiger partial charge in [0.05, 0.1) is 0 Å². The number of nitrogens with one attached hydrogen (secondary N) is 2. The molecule has 0 radical (unpaired) electrons. The van der Waals surface area contributed by atoms with Gasteiger partial charge in [0.2, 0.25) is 11.8 Å². The molecular formula is C15H21ClN2O2. The van der Waals surface area contributed by atoms with Gasteiger partial charge in [-0.15, -0.1) is 0 Å². The quantitative estimate of drug-likeness (QED) is 0.572. The molecule has 20 heavy (non-hydrogen) atoms. The maximum atomic E-state index is 11.6. The molecule has 0 unspecified atom stereocenters. The minimum absolute atomic E-state index is 0.142. The standard InChI is InChI=1S/C15H21ClN2O2/c1-2-3-6-9-17-14(19)10-15(20)18-11-12-7-4-5-8-13(12)16/h4-5,7-8H,2-3,6,9-11H2,1H3,(H,17,19)(H,18,20). The van der Waals surface area contributed by atoms with E-state index >= 15 is 0 Å². The number of carbonyl (C=O) groups excluding carboxylic acids is 2. The Kier molecular flexibility index (Phi) is 7.73. The molecule has 0 heterocycles. The van der Waals surface area contributed by atoms with Crippen LogP contribution in [0.3, 0.4) is 0 Å². The molecule has 110 valence electrons. The van der Waals surface area contributed by atoms with Crippen LogP contribution in [-0.4, -0.2) is 18.4 Å². The van der Waals surface area contributed by atoms with Gasteiger partial charge in [-0.25, -0.2) is 0 Å². The van der Waals surface area contributed by atoms with E-state index in [4.69, 9.17) is 11.6 Å². The lowest BCUT2D eigenvalue weighted by molar-refractivity contribution is -0.129. The molecule has 0 fully saturated rings. The summed E-state index contributed by atoms with van der Waals surface area (Å²) in [6.07, 6.45) is 2.99. The van der Waals surface area contributed by atoms with Crippen molar-refractivity contribution in [1.29, 1.82) is 0 Å². The van der Waals surface area contributed by atoms with Crippen molar-refractivity contribution in [3.63, 3.8) is 0 Å². The van der Waals surface area contributed by atoms with Crippen LogP contribution in [0.2, 0.25) is 5.02 Å². The summed E-state index contributed by atoms with van der Waals surface area (Å²) in [5.74, 6) is -0.532. The smallest absolute Gasteiger partial charge is 0.229 e. The molecule has 0 aliphatic carbocycles. The van der Waals surface area contributed by atoms with Gasteiger partial charge in [-0.3, -0.25) is 9.59 Å². The summed E-state index contributed by atoms with van der Waals surface area (Å²) in [5, 5.41) is 6.03. The van der Waals surface area contributed by atoms with Crippen LogP contribution in [0.5, 0.6) is 0 Å². The van der Waals surface area contributed by atoms with Crippen molar-refractivity contribution < 1.29 is 9.59 Å². The Labute approximate surface area is 124 Å². The number of amides is 2. The third-order valence-electron chi connectivity index (χ3n) is 2.86. The van der Waals surface area contributed by atoms with Gasteiger partial charge in [-0.2, -0.15) is 0 Å². The average Bonchev–Trinajstić information content (AvgIpc) is 2.43. The lowest BCUT2D eigenvalue weighted by Crippen LogP contribution is -2.32. The molecule has 1 rings (SSSR count). The molecule has 0 atom stereocenters. The summed E-state index contributed by atoms with van der Waals surface area (Å²) >= 11 is 5.98. The SMILES string of the molecule is CCCCCNC(=O)CC(=O)NCc1ccccc1Cl. The molecule has 0 spiro atoms. The summed E-state index contributed by atoms with van der Waals surface area (Å²) in [5.41, 5.74) is 0.839. The van der Waals surface area contributed by atoms with E-state index in [1.54, 1.807) is 6.07 Å². The highest BCUT2D eigenvalue weighted by Gasteiger charge is 2.09. The molecule has 4 nitrogen and oxygen atoms in total. The molecule has 2 N–H and O–H groups in total. The third kappa shape index (κ3) is 6.57. The van der Waals surface area contributed by atoms with Gasteiger partial charge in [0.25, 0.3) is 0 Å². The minimum Gasteiger partial charge on any atom is -0.356 e. The van der Waals surface area contributed by atoms with Crippen molar-refractivity contribution in [2.24, 2.45) is 0 Å². The first-order chi connectivity index (χ1) is 9.63. The first-order valence-corrected chi connectivity index (χ1v) is 7.28.